The number of carbonyl (C=O) groups excluding carboxylic acids is 2. The average Bonchev–Trinajstić information content (AvgIpc) is 2.46. The molecule has 6 nitrogen and oxygen atoms in total. The molecule has 0 saturated carbocycles. The Morgan fingerprint density at radius 3 is 2.50 bits per heavy atom. The quantitative estimate of drug-likeness (QED) is 0.870. The van der Waals surface area contributed by atoms with E-state index < -0.39 is 17.1 Å². The molecule has 1 aliphatic heterocycles. The van der Waals surface area contributed by atoms with Crippen LogP contribution < -0.4 is 10.6 Å². The first kappa shape index (κ1) is 16.4. The standard InChI is InChI=1S/C16H23N3O3/c1-15(2,3)22-14(21)19-13(20)16(7-10-17-11-8-16)12-6-4-5-9-18-12/h4-6,9,17H,7-8,10-11H2,1-3H3,(H,19,20,21). The van der Waals surface area contributed by atoms with Crippen molar-refractivity contribution < 1.29 is 14.3 Å². The van der Waals surface area contributed by atoms with E-state index in [9.17, 15) is 9.59 Å². The van der Waals surface area contributed by atoms with E-state index in [1.807, 2.05) is 18.2 Å². The normalized spacial score (nSPS) is 17.6. The van der Waals surface area contributed by atoms with Crippen LogP contribution in [0.2, 0.25) is 0 Å². The fourth-order valence-corrected chi connectivity index (χ4v) is 2.61. The number of nitrogens with zero attached hydrogens (tertiary/aromatic N) is 1. The van der Waals surface area contributed by atoms with E-state index in [0.717, 1.165) is 0 Å². The fraction of sp³-hybridized carbons (Fsp3) is 0.562. The zero-order valence-electron chi connectivity index (χ0n) is 13.3. The zero-order valence-corrected chi connectivity index (χ0v) is 13.3. The van der Waals surface area contributed by atoms with Gasteiger partial charge in [0.05, 0.1) is 11.1 Å². The summed E-state index contributed by atoms with van der Waals surface area (Å²) < 4.78 is 5.17. The summed E-state index contributed by atoms with van der Waals surface area (Å²) >= 11 is 0. The van der Waals surface area contributed by atoms with Crippen LogP contribution in [-0.2, 0) is 14.9 Å². The minimum atomic E-state index is -0.788. The number of hydrogen-bond acceptors (Lipinski definition) is 5. The van der Waals surface area contributed by atoms with Crippen LogP contribution in [0.15, 0.2) is 24.4 Å². The fourth-order valence-electron chi connectivity index (χ4n) is 2.61. The monoisotopic (exact) mass is 305 g/mol. The second kappa shape index (κ2) is 6.44. The first-order valence-corrected chi connectivity index (χ1v) is 7.50. The van der Waals surface area contributed by atoms with Gasteiger partial charge in [0.15, 0.2) is 0 Å². The molecule has 0 spiro atoms. The highest BCUT2D eigenvalue weighted by Gasteiger charge is 2.43. The molecule has 22 heavy (non-hydrogen) atoms. The number of rotatable bonds is 2. The molecule has 0 atom stereocenters. The van der Waals surface area contributed by atoms with Crippen LogP contribution in [0, 0.1) is 0 Å². The van der Waals surface area contributed by atoms with Crippen LogP contribution in [0.25, 0.3) is 0 Å². The largest absolute Gasteiger partial charge is 0.444 e. The van der Waals surface area contributed by atoms with E-state index in [1.165, 1.54) is 0 Å². The molecular weight excluding hydrogens is 282 g/mol. The highest BCUT2D eigenvalue weighted by Crippen LogP contribution is 2.32. The summed E-state index contributed by atoms with van der Waals surface area (Å²) in [5.74, 6) is -0.345. The summed E-state index contributed by atoms with van der Waals surface area (Å²) in [6.07, 6.45) is 2.14. The van der Waals surface area contributed by atoms with Gasteiger partial charge in [0.2, 0.25) is 5.91 Å². The van der Waals surface area contributed by atoms with E-state index in [0.29, 0.717) is 31.6 Å². The molecule has 1 saturated heterocycles. The van der Waals surface area contributed by atoms with Gasteiger partial charge in [-0.05, 0) is 58.8 Å². The minimum absolute atomic E-state index is 0.345. The molecule has 2 rings (SSSR count). The second-order valence-electron chi connectivity index (χ2n) is 6.50. The third-order valence-corrected chi connectivity index (χ3v) is 3.66. The highest BCUT2D eigenvalue weighted by molar-refractivity contribution is 5.98. The Morgan fingerprint density at radius 1 is 1.27 bits per heavy atom. The van der Waals surface area contributed by atoms with E-state index in [4.69, 9.17) is 4.74 Å². The molecular formula is C16H23N3O3. The van der Waals surface area contributed by atoms with Crippen molar-refractivity contribution in [3.8, 4) is 0 Å². The first-order valence-electron chi connectivity index (χ1n) is 7.50. The van der Waals surface area contributed by atoms with Crippen molar-refractivity contribution in [2.75, 3.05) is 13.1 Å². The van der Waals surface area contributed by atoms with Gasteiger partial charge >= 0.3 is 6.09 Å². The molecule has 0 radical (unpaired) electrons. The van der Waals surface area contributed by atoms with Crippen LogP contribution >= 0.6 is 0 Å². The van der Waals surface area contributed by atoms with Crippen molar-refractivity contribution in [3.05, 3.63) is 30.1 Å². The Bertz CT molecular complexity index is 531. The summed E-state index contributed by atoms with van der Waals surface area (Å²) in [6.45, 7) is 6.69. The van der Waals surface area contributed by atoms with Crippen LogP contribution in [0.1, 0.15) is 39.3 Å². The highest BCUT2D eigenvalue weighted by atomic mass is 16.6. The maximum Gasteiger partial charge on any atom is 0.414 e. The number of carbonyl (C=O) groups is 2. The van der Waals surface area contributed by atoms with Gasteiger partial charge in [0, 0.05) is 6.20 Å². The summed E-state index contributed by atoms with van der Waals surface area (Å²) in [4.78, 5) is 29.0. The van der Waals surface area contributed by atoms with Gasteiger partial charge in [0.25, 0.3) is 0 Å². The lowest BCUT2D eigenvalue weighted by atomic mass is 9.75. The number of ether oxygens (including phenoxy) is 1. The molecule has 0 bridgehead atoms. The lowest BCUT2D eigenvalue weighted by molar-refractivity contribution is -0.127. The predicted molar refractivity (Wildman–Crippen MR) is 82.4 cm³/mol. The Hall–Kier alpha value is -1.95. The van der Waals surface area contributed by atoms with Gasteiger partial charge in [-0.1, -0.05) is 6.07 Å². The first-order chi connectivity index (χ1) is 10.3. The summed E-state index contributed by atoms with van der Waals surface area (Å²) in [5.41, 5.74) is -0.738. The topological polar surface area (TPSA) is 80.3 Å². The molecule has 2 N–H and O–H groups in total. The Kier molecular flexibility index (Phi) is 4.81. The van der Waals surface area contributed by atoms with Crippen LogP contribution in [-0.4, -0.2) is 35.7 Å². The molecule has 1 fully saturated rings. The van der Waals surface area contributed by atoms with E-state index >= 15 is 0 Å². The molecule has 1 aliphatic rings. The third-order valence-electron chi connectivity index (χ3n) is 3.66. The molecule has 0 unspecified atom stereocenters. The van der Waals surface area contributed by atoms with Crippen molar-refractivity contribution in [2.45, 2.75) is 44.6 Å². The molecule has 2 amide bonds. The molecule has 0 aromatic carbocycles. The van der Waals surface area contributed by atoms with Crippen LogP contribution in [0.3, 0.4) is 0 Å². The van der Waals surface area contributed by atoms with Crippen LogP contribution in [0.5, 0.6) is 0 Å². The predicted octanol–water partition coefficient (Wildman–Crippen LogP) is 1.75. The van der Waals surface area contributed by atoms with Gasteiger partial charge in [-0.2, -0.15) is 0 Å². The molecule has 1 aromatic heterocycles. The maximum atomic E-state index is 12.7. The van der Waals surface area contributed by atoms with Crippen molar-refractivity contribution in [3.63, 3.8) is 0 Å². The number of nitrogens with one attached hydrogen (secondary N) is 2. The third kappa shape index (κ3) is 3.82. The number of piperidine rings is 1. The van der Waals surface area contributed by atoms with Crippen molar-refractivity contribution in [1.82, 2.24) is 15.6 Å². The van der Waals surface area contributed by atoms with Gasteiger partial charge < -0.3 is 10.1 Å². The summed E-state index contributed by atoms with van der Waals surface area (Å²) in [6, 6.07) is 5.50. The Balaban J connectivity index is 2.19. The smallest absolute Gasteiger partial charge is 0.414 e. The second-order valence-corrected chi connectivity index (χ2v) is 6.50. The Morgan fingerprint density at radius 2 is 1.95 bits per heavy atom. The van der Waals surface area contributed by atoms with E-state index in [2.05, 4.69) is 15.6 Å². The van der Waals surface area contributed by atoms with Crippen molar-refractivity contribution in [2.24, 2.45) is 0 Å². The molecule has 0 aliphatic carbocycles. The van der Waals surface area contributed by atoms with Crippen molar-refractivity contribution >= 4 is 12.0 Å². The van der Waals surface area contributed by atoms with Crippen molar-refractivity contribution in [1.29, 1.82) is 0 Å². The van der Waals surface area contributed by atoms with Gasteiger partial charge in [-0.3, -0.25) is 15.1 Å². The van der Waals surface area contributed by atoms with Gasteiger partial charge in [-0.15, -0.1) is 0 Å². The molecule has 1 aromatic rings. The molecule has 2 heterocycles. The number of alkyl carbamates (subject to hydrolysis) is 1. The number of imide groups is 1. The van der Waals surface area contributed by atoms with E-state index in [-0.39, 0.29) is 5.91 Å². The zero-order chi connectivity index (χ0) is 16.2. The minimum Gasteiger partial charge on any atom is -0.444 e. The summed E-state index contributed by atoms with van der Waals surface area (Å²) in [7, 11) is 0. The number of amides is 2. The molecule has 120 valence electrons. The SMILES string of the molecule is CC(C)(C)OC(=O)NC(=O)C1(c2ccccn2)CCNCC1. The maximum absolute atomic E-state index is 12.7. The molecule has 6 heteroatoms. The Labute approximate surface area is 130 Å². The van der Waals surface area contributed by atoms with Crippen LogP contribution in [0.4, 0.5) is 4.79 Å². The number of hydrogen-bond donors (Lipinski definition) is 2. The average molecular weight is 305 g/mol. The lowest BCUT2D eigenvalue weighted by Gasteiger charge is -2.35. The lowest BCUT2D eigenvalue weighted by Crippen LogP contribution is -2.53. The number of aromatic nitrogens is 1. The van der Waals surface area contributed by atoms with E-state index in [1.54, 1.807) is 27.0 Å². The number of pyridine rings is 1. The summed E-state index contributed by atoms with van der Waals surface area (Å²) in [5, 5.41) is 5.61. The van der Waals surface area contributed by atoms with Gasteiger partial charge in [-0.25, -0.2) is 4.79 Å². The van der Waals surface area contributed by atoms with Gasteiger partial charge in [0.1, 0.15) is 5.60 Å².